The Morgan fingerprint density at radius 3 is 2.57 bits per heavy atom. The first kappa shape index (κ1) is 10.0. The van der Waals surface area contributed by atoms with Crippen molar-refractivity contribution in [1.82, 2.24) is 0 Å². The highest BCUT2D eigenvalue weighted by Crippen LogP contribution is 2.02. The predicted octanol–water partition coefficient (Wildman–Crippen LogP) is 1.16. The zero-order chi connectivity index (χ0) is 10.4. The van der Waals surface area contributed by atoms with Crippen LogP contribution in [-0.4, -0.2) is 5.91 Å². The minimum absolute atomic E-state index is 0.00820. The molecule has 3 nitrogen and oxygen atoms in total. The summed E-state index contributed by atoms with van der Waals surface area (Å²) < 4.78 is 0. The maximum Gasteiger partial charge on any atom is 0.259 e. The number of carbonyl (C=O) groups is 1. The van der Waals surface area contributed by atoms with Gasteiger partial charge in [-0.05, 0) is 12.0 Å². The van der Waals surface area contributed by atoms with Crippen molar-refractivity contribution in [2.24, 2.45) is 5.73 Å². The molecule has 0 aliphatic rings. The number of nitriles is 1. The summed E-state index contributed by atoms with van der Waals surface area (Å²) in [5.74, 6) is -0.677. The van der Waals surface area contributed by atoms with Crippen LogP contribution >= 0.6 is 0 Å². The molecule has 0 bridgehead atoms. The van der Waals surface area contributed by atoms with Crippen LogP contribution < -0.4 is 5.73 Å². The molecule has 0 aliphatic carbocycles. The molecule has 1 aromatic carbocycles. The molecule has 0 saturated carbocycles. The highest BCUT2D eigenvalue weighted by Gasteiger charge is 2.01. The minimum atomic E-state index is -0.677. The van der Waals surface area contributed by atoms with Crippen molar-refractivity contribution < 1.29 is 4.79 Å². The van der Waals surface area contributed by atoms with Gasteiger partial charge in [-0.25, -0.2) is 0 Å². The molecule has 70 valence electrons. The SMILES string of the molecule is N#CC(=CCc1ccccc1)C(N)=O. The Morgan fingerprint density at radius 2 is 2.07 bits per heavy atom. The molecule has 0 unspecified atom stereocenters. The van der Waals surface area contributed by atoms with Gasteiger partial charge in [0.2, 0.25) is 0 Å². The maximum absolute atomic E-state index is 10.7. The molecule has 1 aromatic rings. The normalized spacial score (nSPS) is 10.6. The van der Waals surface area contributed by atoms with Crippen molar-refractivity contribution in [3.05, 3.63) is 47.5 Å². The molecule has 0 heterocycles. The second-order valence-electron chi connectivity index (χ2n) is 2.78. The average Bonchev–Trinajstić information content (AvgIpc) is 2.20. The fourth-order valence-corrected chi connectivity index (χ4v) is 1.04. The third kappa shape index (κ3) is 2.76. The first-order valence-corrected chi connectivity index (χ1v) is 4.18. The van der Waals surface area contributed by atoms with E-state index in [1.165, 1.54) is 6.08 Å². The van der Waals surface area contributed by atoms with Gasteiger partial charge in [0.1, 0.15) is 11.6 Å². The average molecular weight is 186 g/mol. The zero-order valence-corrected chi connectivity index (χ0v) is 7.60. The number of hydrogen-bond acceptors (Lipinski definition) is 2. The Balaban J connectivity index is 2.73. The summed E-state index contributed by atoms with van der Waals surface area (Å²) in [6.07, 6.45) is 2.09. The molecule has 0 aromatic heterocycles. The third-order valence-corrected chi connectivity index (χ3v) is 1.77. The van der Waals surface area contributed by atoms with Crippen LogP contribution in [0.2, 0.25) is 0 Å². The summed E-state index contributed by atoms with van der Waals surface area (Å²) in [5, 5.41) is 8.56. The van der Waals surface area contributed by atoms with Gasteiger partial charge in [-0.15, -0.1) is 0 Å². The quantitative estimate of drug-likeness (QED) is 0.568. The Labute approximate surface area is 82.5 Å². The van der Waals surface area contributed by atoms with Crippen molar-refractivity contribution in [3.8, 4) is 6.07 Å². The van der Waals surface area contributed by atoms with Crippen molar-refractivity contribution in [3.63, 3.8) is 0 Å². The van der Waals surface area contributed by atoms with Crippen LogP contribution in [0.3, 0.4) is 0 Å². The molecule has 0 atom stereocenters. The first-order chi connectivity index (χ1) is 6.74. The minimum Gasteiger partial charge on any atom is -0.365 e. The fraction of sp³-hybridized carbons (Fsp3) is 0.0909. The van der Waals surface area contributed by atoms with Gasteiger partial charge in [0.05, 0.1) is 0 Å². The number of allylic oxidation sites excluding steroid dienone is 1. The van der Waals surface area contributed by atoms with Gasteiger partial charge in [0, 0.05) is 0 Å². The third-order valence-electron chi connectivity index (χ3n) is 1.77. The molecule has 1 amide bonds. The van der Waals surface area contributed by atoms with Gasteiger partial charge in [-0.3, -0.25) is 4.79 Å². The molecule has 0 fully saturated rings. The first-order valence-electron chi connectivity index (χ1n) is 4.18. The van der Waals surface area contributed by atoms with Crippen LogP contribution in [0.4, 0.5) is 0 Å². The Bertz CT molecular complexity index is 387. The van der Waals surface area contributed by atoms with E-state index in [0.29, 0.717) is 6.42 Å². The number of benzene rings is 1. The van der Waals surface area contributed by atoms with E-state index in [2.05, 4.69) is 0 Å². The number of carbonyl (C=O) groups excluding carboxylic acids is 1. The van der Waals surface area contributed by atoms with Crippen LogP contribution in [0, 0.1) is 11.3 Å². The lowest BCUT2D eigenvalue weighted by Gasteiger charge is -1.95. The summed E-state index contributed by atoms with van der Waals surface area (Å²) in [4.78, 5) is 10.7. The van der Waals surface area contributed by atoms with Crippen LogP contribution in [0.1, 0.15) is 5.56 Å². The van der Waals surface area contributed by atoms with Crippen LogP contribution in [0.15, 0.2) is 42.0 Å². The molecule has 14 heavy (non-hydrogen) atoms. The molecule has 3 heteroatoms. The van der Waals surface area contributed by atoms with Crippen LogP contribution in [0.5, 0.6) is 0 Å². The highest BCUT2D eigenvalue weighted by molar-refractivity contribution is 5.95. The van der Waals surface area contributed by atoms with E-state index in [4.69, 9.17) is 11.0 Å². The fourth-order valence-electron chi connectivity index (χ4n) is 1.04. The van der Waals surface area contributed by atoms with E-state index in [9.17, 15) is 4.79 Å². The Kier molecular flexibility index (Phi) is 3.45. The molecule has 0 aliphatic heterocycles. The molecule has 2 N–H and O–H groups in total. The monoisotopic (exact) mass is 186 g/mol. The Hall–Kier alpha value is -2.08. The van der Waals surface area contributed by atoms with Crippen molar-refractivity contribution in [2.75, 3.05) is 0 Å². The summed E-state index contributed by atoms with van der Waals surface area (Å²) in [6, 6.07) is 11.3. The highest BCUT2D eigenvalue weighted by atomic mass is 16.1. The van der Waals surface area contributed by atoms with Gasteiger partial charge < -0.3 is 5.73 Å². The lowest BCUT2D eigenvalue weighted by molar-refractivity contribution is -0.114. The van der Waals surface area contributed by atoms with Crippen molar-refractivity contribution in [2.45, 2.75) is 6.42 Å². The number of primary amides is 1. The van der Waals surface area contributed by atoms with E-state index in [1.54, 1.807) is 6.07 Å². The largest absolute Gasteiger partial charge is 0.365 e. The van der Waals surface area contributed by atoms with Crippen molar-refractivity contribution in [1.29, 1.82) is 5.26 Å². The molecular formula is C11H10N2O. The molecule has 0 radical (unpaired) electrons. The van der Waals surface area contributed by atoms with Crippen molar-refractivity contribution >= 4 is 5.91 Å². The van der Waals surface area contributed by atoms with E-state index in [1.807, 2.05) is 30.3 Å². The number of nitrogens with zero attached hydrogens (tertiary/aromatic N) is 1. The maximum atomic E-state index is 10.7. The van der Waals surface area contributed by atoms with Crippen LogP contribution in [0.25, 0.3) is 0 Å². The second-order valence-corrected chi connectivity index (χ2v) is 2.78. The topological polar surface area (TPSA) is 66.9 Å². The number of hydrogen-bond donors (Lipinski definition) is 1. The van der Waals surface area contributed by atoms with Gasteiger partial charge in [0.15, 0.2) is 0 Å². The number of amides is 1. The Morgan fingerprint density at radius 1 is 1.43 bits per heavy atom. The summed E-state index contributed by atoms with van der Waals surface area (Å²) >= 11 is 0. The van der Waals surface area contributed by atoms with Gasteiger partial charge in [-0.2, -0.15) is 5.26 Å². The molecule has 0 spiro atoms. The van der Waals surface area contributed by atoms with E-state index in [-0.39, 0.29) is 5.57 Å². The molecular weight excluding hydrogens is 176 g/mol. The van der Waals surface area contributed by atoms with Crippen LogP contribution in [-0.2, 0) is 11.2 Å². The summed E-state index contributed by atoms with van der Waals surface area (Å²) in [6.45, 7) is 0. The van der Waals surface area contributed by atoms with Gasteiger partial charge in [0.25, 0.3) is 5.91 Å². The van der Waals surface area contributed by atoms with E-state index < -0.39 is 5.91 Å². The molecule has 1 rings (SSSR count). The summed E-state index contributed by atoms with van der Waals surface area (Å²) in [7, 11) is 0. The number of nitrogens with two attached hydrogens (primary N) is 1. The lowest BCUT2D eigenvalue weighted by Crippen LogP contribution is -2.12. The predicted molar refractivity (Wildman–Crippen MR) is 53.0 cm³/mol. The lowest BCUT2D eigenvalue weighted by atomic mass is 10.1. The summed E-state index contributed by atoms with van der Waals surface area (Å²) in [5.41, 5.74) is 6.03. The van der Waals surface area contributed by atoms with Gasteiger partial charge >= 0.3 is 0 Å². The smallest absolute Gasteiger partial charge is 0.259 e. The van der Waals surface area contributed by atoms with E-state index >= 15 is 0 Å². The van der Waals surface area contributed by atoms with E-state index in [0.717, 1.165) is 5.56 Å². The second kappa shape index (κ2) is 4.83. The standard InChI is InChI=1S/C11H10N2O/c12-8-10(11(13)14)7-6-9-4-2-1-3-5-9/h1-5,7H,6H2,(H2,13,14). The molecule has 0 saturated heterocycles. The zero-order valence-electron chi connectivity index (χ0n) is 7.60. The van der Waals surface area contributed by atoms with Gasteiger partial charge in [-0.1, -0.05) is 36.4 Å². The number of rotatable bonds is 3.